The summed E-state index contributed by atoms with van der Waals surface area (Å²) in [6.45, 7) is 9.46. The number of carbonyl (C=O) groups is 1. The van der Waals surface area contributed by atoms with E-state index < -0.39 is 0 Å². The minimum Gasteiger partial charge on any atom is -0.356 e. The van der Waals surface area contributed by atoms with Crippen molar-refractivity contribution in [3.63, 3.8) is 0 Å². The summed E-state index contributed by atoms with van der Waals surface area (Å²) in [6.07, 6.45) is 2.66. The molecule has 2 heterocycles. The number of carbonyl (C=O) groups excluding carboxylic acids is 1. The Hall–Kier alpha value is -1.80. The van der Waals surface area contributed by atoms with Gasteiger partial charge in [0.05, 0.1) is 5.56 Å². The summed E-state index contributed by atoms with van der Waals surface area (Å²) in [5.74, 6) is 0.365. The lowest BCUT2D eigenvalue weighted by atomic mass is 10.1. The average Bonchev–Trinajstić information content (AvgIpc) is 3.04. The van der Waals surface area contributed by atoms with E-state index in [1.54, 1.807) is 12.3 Å². The molecule has 1 aromatic rings. The second-order valence-electron chi connectivity index (χ2n) is 6.40. The molecule has 0 spiro atoms. The van der Waals surface area contributed by atoms with E-state index in [0.29, 0.717) is 23.7 Å². The van der Waals surface area contributed by atoms with Gasteiger partial charge >= 0.3 is 0 Å². The third-order valence-corrected chi connectivity index (χ3v) is 3.84. The summed E-state index contributed by atoms with van der Waals surface area (Å²) in [7, 11) is 0. The first kappa shape index (κ1) is 14.6. The third kappa shape index (κ3) is 3.40. The Labute approximate surface area is 120 Å². The van der Waals surface area contributed by atoms with Crippen molar-refractivity contribution in [2.75, 3.05) is 19.6 Å². The van der Waals surface area contributed by atoms with Crippen LogP contribution in [0, 0.1) is 17.2 Å². The summed E-state index contributed by atoms with van der Waals surface area (Å²) in [4.78, 5) is 17.2. The number of hydrogen-bond acceptors (Lipinski definition) is 3. The molecule has 0 bridgehead atoms. The van der Waals surface area contributed by atoms with E-state index in [-0.39, 0.29) is 11.4 Å². The molecule has 0 aromatic carbocycles. The summed E-state index contributed by atoms with van der Waals surface area (Å²) in [5.41, 5.74) is 1.13. The Bertz CT molecular complexity index is 521. The highest BCUT2D eigenvalue weighted by molar-refractivity contribution is 5.92. The van der Waals surface area contributed by atoms with Crippen molar-refractivity contribution in [1.29, 1.82) is 5.26 Å². The number of H-pyrrole nitrogens is 1. The second-order valence-corrected chi connectivity index (χ2v) is 6.40. The molecule has 1 aliphatic heterocycles. The van der Waals surface area contributed by atoms with Crippen LogP contribution in [0.4, 0.5) is 0 Å². The Kier molecular flexibility index (Phi) is 4.15. The molecule has 5 nitrogen and oxygen atoms in total. The van der Waals surface area contributed by atoms with Gasteiger partial charge in [0.1, 0.15) is 11.8 Å². The van der Waals surface area contributed by atoms with Gasteiger partial charge in [-0.15, -0.1) is 0 Å². The van der Waals surface area contributed by atoms with Gasteiger partial charge in [-0.05, 0) is 45.7 Å². The Morgan fingerprint density at radius 3 is 2.90 bits per heavy atom. The van der Waals surface area contributed by atoms with Crippen LogP contribution in [0.25, 0.3) is 0 Å². The highest BCUT2D eigenvalue weighted by Gasteiger charge is 2.30. The van der Waals surface area contributed by atoms with Crippen molar-refractivity contribution >= 4 is 5.91 Å². The molecule has 2 N–H and O–H groups in total. The Morgan fingerprint density at radius 2 is 2.35 bits per heavy atom. The Morgan fingerprint density at radius 1 is 1.60 bits per heavy atom. The van der Waals surface area contributed by atoms with Crippen molar-refractivity contribution in [2.24, 2.45) is 5.92 Å². The zero-order valence-electron chi connectivity index (χ0n) is 12.4. The van der Waals surface area contributed by atoms with E-state index in [2.05, 4.69) is 36.0 Å². The molecule has 1 amide bonds. The highest BCUT2D eigenvalue weighted by atomic mass is 16.1. The number of amides is 1. The first-order valence-electron chi connectivity index (χ1n) is 7.02. The molecule has 0 saturated carbocycles. The molecule has 1 fully saturated rings. The average molecular weight is 274 g/mol. The van der Waals surface area contributed by atoms with Gasteiger partial charge < -0.3 is 10.3 Å². The topological polar surface area (TPSA) is 71.9 Å². The van der Waals surface area contributed by atoms with E-state index in [4.69, 9.17) is 5.26 Å². The predicted octanol–water partition coefficient (Wildman–Crippen LogP) is 1.74. The zero-order chi connectivity index (χ0) is 14.8. The number of nitrogens with one attached hydrogen (secondary N) is 2. The molecule has 0 radical (unpaired) electrons. The molecule has 0 aliphatic carbocycles. The van der Waals surface area contributed by atoms with Gasteiger partial charge in [0.15, 0.2) is 0 Å². The maximum absolute atomic E-state index is 11.9. The van der Waals surface area contributed by atoms with Crippen LogP contribution in [0.2, 0.25) is 0 Å². The van der Waals surface area contributed by atoms with Gasteiger partial charge in [-0.25, -0.2) is 0 Å². The lowest BCUT2D eigenvalue weighted by Gasteiger charge is -2.31. The largest absolute Gasteiger partial charge is 0.356 e. The van der Waals surface area contributed by atoms with Crippen molar-refractivity contribution in [2.45, 2.75) is 32.7 Å². The third-order valence-electron chi connectivity index (χ3n) is 3.84. The van der Waals surface area contributed by atoms with Gasteiger partial charge in [-0.1, -0.05) is 0 Å². The highest BCUT2D eigenvalue weighted by Crippen LogP contribution is 2.23. The van der Waals surface area contributed by atoms with E-state index in [0.717, 1.165) is 19.5 Å². The normalized spacial score (nSPS) is 19.8. The molecule has 5 heteroatoms. The fraction of sp³-hybridized carbons (Fsp3) is 0.600. The van der Waals surface area contributed by atoms with Crippen LogP contribution in [0.5, 0.6) is 0 Å². The van der Waals surface area contributed by atoms with Crippen LogP contribution < -0.4 is 5.32 Å². The number of nitriles is 1. The molecule has 2 rings (SSSR count). The van der Waals surface area contributed by atoms with Gasteiger partial charge in [0.25, 0.3) is 5.91 Å². The predicted molar refractivity (Wildman–Crippen MR) is 77.3 cm³/mol. The fourth-order valence-corrected chi connectivity index (χ4v) is 2.53. The van der Waals surface area contributed by atoms with Crippen LogP contribution in [0.3, 0.4) is 0 Å². The number of hydrogen-bond donors (Lipinski definition) is 2. The SMILES string of the molecule is CC(C)(C)N1CC[C@H](CNC(=O)c2cc(C#N)c[nH]2)C1. The van der Waals surface area contributed by atoms with Gasteiger partial charge in [0.2, 0.25) is 0 Å². The van der Waals surface area contributed by atoms with Crippen LogP contribution >= 0.6 is 0 Å². The monoisotopic (exact) mass is 274 g/mol. The quantitative estimate of drug-likeness (QED) is 0.882. The minimum atomic E-state index is -0.138. The molecule has 1 saturated heterocycles. The van der Waals surface area contributed by atoms with Crippen molar-refractivity contribution < 1.29 is 4.79 Å². The van der Waals surface area contributed by atoms with Gasteiger partial charge in [0, 0.05) is 24.8 Å². The van der Waals surface area contributed by atoms with Crippen LogP contribution in [0.1, 0.15) is 43.2 Å². The van der Waals surface area contributed by atoms with E-state index in [1.807, 2.05) is 6.07 Å². The summed E-state index contributed by atoms with van der Waals surface area (Å²) in [6, 6.07) is 3.58. The minimum absolute atomic E-state index is 0.138. The van der Waals surface area contributed by atoms with E-state index in [1.165, 1.54) is 0 Å². The van der Waals surface area contributed by atoms with Crippen molar-refractivity contribution in [3.05, 3.63) is 23.5 Å². The number of aromatic nitrogens is 1. The van der Waals surface area contributed by atoms with Crippen LogP contribution in [-0.2, 0) is 0 Å². The number of rotatable bonds is 3. The lowest BCUT2D eigenvalue weighted by molar-refractivity contribution is 0.0941. The molecule has 108 valence electrons. The summed E-state index contributed by atoms with van der Waals surface area (Å²) >= 11 is 0. The number of likely N-dealkylation sites (tertiary alicyclic amines) is 1. The molecule has 1 aromatic heterocycles. The van der Waals surface area contributed by atoms with Crippen molar-refractivity contribution in [3.8, 4) is 6.07 Å². The maximum atomic E-state index is 11.9. The zero-order valence-corrected chi connectivity index (χ0v) is 12.4. The molecule has 0 unspecified atom stereocenters. The fourth-order valence-electron chi connectivity index (χ4n) is 2.53. The standard InChI is InChI=1S/C15H22N4O/c1-15(2,3)19-5-4-11(10-19)8-18-14(20)13-6-12(7-16)9-17-13/h6,9,11,17H,4-5,8,10H2,1-3H3,(H,18,20)/t11-/m1/s1. The molecule has 20 heavy (non-hydrogen) atoms. The summed E-state index contributed by atoms with van der Waals surface area (Å²) in [5, 5.41) is 11.7. The lowest BCUT2D eigenvalue weighted by Crippen LogP contribution is -2.40. The van der Waals surface area contributed by atoms with Gasteiger partial charge in [-0.3, -0.25) is 9.69 Å². The van der Waals surface area contributed by atoms with E-state index >= 15 is 0 Å². The molecule has 1 aliphatic rings. The smallest absolute Gasteiger partial charge is 0.267 e. The number of aromatic amines is 1. The van der Waals surface area contributed by atoms with Crippen LogP contribution in [-0.4, -0.2) is 41.0 Å². The van der Waals surface area contributed by atoms with E-state index in [9.17, 15) is 4.79 Å². The maximum Gasteiger partial charge on any atom is 0.267 e. The first-order valence-corrected chi connectivity index (χ1v) is 7.02. The summed E-state index contributed by atoms with van der Waals surface area (Å²) < 4.78 is 0. The molecular weight excluding hydrogens is 252 g/mol. The van der Waals surface area contributed by atoms with Crippen molar-refractivity contribution in [1.82, 2.24) is 15.2 Å². The van der Waals surface area contributed by atoms with Gasteiger partial charge in [-0.2, -0.15) is 5.26 Å². The second kappa shape index (κ2) is 5.68. The number of nitrogens with zero attached hydrogens (tertiary/aromatic N) is 2. The first-order chi connectivity index (χ1) is 9.40. The molecular formula is C15H22N4O. The Balaban J connectivity index is 1.82. The molecule has 1 atom stereocenters. The van der Waals surface area contributed by atoms with Crippen LogP contribution in [0.15, 0.2) is 12.3 Å².